The number of hydrogen-bond acceptors (Lipinski definition) is 4. The Morgan fingerprint density at radius 3 is 2.67 bits per heavy atom. The van der Waals surface area contributed by atoms with Crippen LogP contribution in [-0.4, -0.2) is 65.7 Å². The van der Waals surface area contributed by atoms with Gasteiger partial charge < -0.3 is 25.0 Å². The van der Waals surface area contributed by atoms with Crippen molar-refractivity contribution < 1.29 is 19.4 Å². The summed E-state index contributed by atoms with van der Waals surface area (Å²) in [6, 6.07) is 14.5. The van der Waals surface area contributed by atoms with Gasteiger partial charge in [0, 0.05) is 36.2 Å². The fourth-order valence-electron chi connectivity index (χ4n) is 5.86. The number of nitrogens with one attached hydrogen (secondary N) is 1. The number of carbonyl (C=O) groups excluding carboxylic acids is 2. The maximum atomic E-state index is 13.0. The summed E-state index contributed by atoms with van der Waals surface area (Å²) in [5.74, 6) is 7.83. The average Bonchev–Trinajstić information content (AvgIpc) is 3.40. The molecule has 3 amide bonds. The van der Waals surface area contributed by atoms with Gasteiger partial charge in [0.05, 0.1) is 25.8 Å². The second kappa shape index (κ2) is 10.6. The van der Waals surface area contributed by atoms with Gasteiger partial charge in [0.1, 0.15) is 12.3 Å². The Bertz CT molecular complexity index is 1160. The molecule has 7 heteroatoms. The van der Waals surface area contributed by atoms with Crippen LogP contribution in [0.5, 0.6) is 5.75 Å². The monoisotopic (exact) mass is 487 g/mol. The summed E-state index contributed by atoms with van der Waals surface area (Å²) in [6.07, 6.45) is 6.21. The summed E-state index contributed by atoms with van der Waals surface area (Å²) in [4.78, 5) is 29.2. The fraction of sp³-hybridized carbons (Fsp3) is 0.448. The first-order valence-electron chi connectivity index (χ1n) is 12.8. The lowest BCUT2D eigenvalue weighted by molar-refractivity contribution is -0.159. The van der Waals surface area contributed by atoms with Gasteiger partial charge in [-0.1, -0.05) is 42.9 Å². The first-order valence-corrected chi connectivity index (χ1v) is 12.8. The Kier molecular flexibility index (Phi) is 7.15. The summed E-state index contributed by atoms with van der Waals surface area (Å²) in [5.41, 5.74) is 2.64. The number of aliphatic hydroxyl groups excluding tert-OH is 1. The number of piperazine rings is 1. The molecule has 3 atom stereocenters. The van der Waals surface area contributed by atoms with Gasteiger partial charge in [-0.15, -0.1) is 0 Å². The Morgan fingerprint density at radius 1 is 1.17 bits per heavy atom. The highest BCUT2D eigenvalue weighted by atomic mass is 16.5. The Balaban J connectivity index is 1.26. The summed E-state index contributed by atoms with van der Waals surface area (Å²) in [7, 11) is 1.57. The molecule has 3 fully saturated rings. The van der Waals surface area contributed by atoms with Crippen molar-refractivity contribution in [2.24, 2.45) is 5.92 Å². The number of hydrogen-bond donors (Lipinski definition) is 2. The number of ether oxygens (including phenoxy) is 1. The molecular weight excluding hydrogens is 454 g/mol. The van der Waals surface area contributed by atoms with E-state index in [4.69, 9.17) is 4.74 Å². The van der Waals surface area contributed by atoms with Gasteiger partial charge in [-0.2, -0.15) is 0 Å². The molecule has 2 N–H and O–H groups in total. The van der Waals surface area contributed by atoms with E-state index in [-0.39, 0.29) is 43.1 Å². The molecule has 3 aliphatic rings. The SMILES string of the molecule is COc1cccc(NC(=O)N2CC(=O)N3[C@H](CO)[C@H](c4ccc(C#CCC5CCCC5)cc4)[C@@H]3C2)c1. The number of benzene rings is 2. The number of carbonyl (C=O) groups is 2. The first kappa shape index (κ1) is 24.2. The van der Waals surface area contributed by atoms with Crippen LogP contribution >= 0.6 is 0 Å². The van der Waals surface area contributed by atoms with Gasteiger partial charge in [-0.25, -0.2) is 4.79 Å². The number of rotatable bonds is 5. The van der Waals surface area contributed by atoms with E-state index >= 15 is 0 Å². The molecule has 36 heavy (non-hydrogen) atoms. The zero-order valence-electron chi connectivity index (χ0n) is 20.7. The van der Waals surface area contributed by atoms with E-state index in [0.717, 1.165) is 23.5 Å². The third-order valence-electron chi connectivity index (χ3n) is 7.75. The molecule has 1 aliphatic carbocycles. The maximum absolute atomic E-state index is 13.0. The molecule has 0 unspecified atom stereocenters. The fourth-order valence-corrected chi connectivity index (χ4v) is 5.86. The molecule has 0 bridgehead atoms. The molecule has 2 aromatic carbocycles. The number of aliphatic hydroxyl groups is 1. The topological polar surface area (TPSA) is 82.1 Å². The number of methoxy groups -OCH3 is 1. The van der Waals surface area contributed by atoms with Crippen LogP contribution in [0.1, 0.15) is 49.1 Å². The third kappa shape index (κ3) is 4.91. The number of urea groups is 1. The summed E-state index contributed by atoms with van der Waals surface area (Å²) >= 11 is 0. The van der Waals surface area contributed by atoms with Crippen LogP contribution in [0.4, 0.5) is 10.5 Å². The van der Waals surface area contributed by atoms with Crippen molar-refractivity contribution in [3.8, 4) is 17.6 Å². The predicted octanol–water partition coefficient (Wildman–Crippen LogP) is 3.83. The minimum atomic E-state index is -0.324. The molecular formula is C29H33N3O4. The van der Waals surface area contributed by atoms with E-state index in [1.54, 1.807) is 41.2 Å². The van der Waals surface area contributed by atoms with Gasteiger partial charge in [0.15, 0.2) is 0 Å². The van der Waals surface area contributed by atoms with Crippen LogP contribution in [-0.2, 0) is 4.79 Å². The molecule has 1 saturated carbocycles. The maximum Gasteiger partial charge on any atom is 0.322 e. The smallest absolute Gasteiger partial charge is 0.322 e. The molecule has 7 nitrogen and oxygen atoms in total. The van der Waals surface area contributed by atoms with Crippen LogP contribution in [0.2, 0.25) is 0 Å². The average molecular weight is 488 g/mol. The summed E-state index contributed by atoms with van der Waals surface area (Å²) in [6.45, 7) is 0.294. The van der Waals surface area contributed by atoms with Gasteiger partial charge in [0.2, 0.25) is 5.91 Å². The number of anilines is 1. The highest BCUT2D eigenvalue weighted by Gasteiger charge is 2.54. The first-order chi connectivity index (χ1) is 17.6. The zero-order chi connectivity index (χ0) is 25.1. The lowest BCUT2D eigenvalue weighted by Gasteiger charge is -2.58. The summed E-state index contributed by atoms with van der Waals surface area (Å²) < 4.78 is 5.22. The van der Waals surface area contributed by atoms with Gasteiger partial charge in [-0.05, 0) is 48.6 Å². The summed E-state index contributed by atoms with van der Waals surface area (Å²) in [5, 5.41) is 12.9. The molecule has 0 radical (unpaired) electrons. The van der Waals surface area contributed by atoms with Gasteiger partial charge in [0.25, 0.3) is 0 Å². The highest BCUT2D eigenvalue weighted by molar-refractivity contribution is 5.94. The number of nitrogens with zero attached hydrogens (tertiary/aromatic N) is 2. The zero-order valence-corrected chi connectivity index (χ0v) is 20.7. The van der Waals surface area contributed by atoms with Crippen molar-refractivity contribution in [2.45, 2.75) is 50.1 Å². The number of fused-ring (bicyclic) bond motifs is 1. The van der Waals surface area contributed by atoms with E-state index < -0.39 is 0 Å². The van der Waals surface area contributed by atoms with Crippen molar-refractivity contribution >= 4 is 17.6 Å². The van der Waals surface area contributed by atoms with E-state index in [2.05, 4.69) is 17.2 Å². The quantitative estimate of drug-likeness (QED) is 0.628. The van der Waals surface area contributed by atoms with Crippen LogP contribution in [0, 0.1) is 17.8 Å². The Hall–Kier alpha value is -3.50. The lowest BCUT2D eigenvalue weighted by atomic mass is 9.73. The second-order valence-corrected chi connectivity index (χ2v) is 9.97. The van der Waals surface area contributed by atoms with Crippen molar-refractivity contribution in [3.05, 3.63) is 59.7 Å². The molecule has 188 valence electrons. The molecule has 2 heterocycles. The Morgan fingerprint density at radius 2 is 1.94 bits per heavy atom. The number of amides is 3. The minimum Gasteiger partial charge on any atom is -0.497 e. The van der Waals surface area contributed by atoms with Crippen molar-refractivity contribution in [1.29, 1.82) is 0 Å². The van der Waals surface area contributed by atoms with E-state index in [1.165, 1.54) is 25.7 Å². The van der Waals surface area contributed by atoms with Crippen molar-refractivity contribution in [1.82, 2.24) is 9.80 Å². The third-order valence-corrected chi connectivity index (χ3v) is 7.75. The van der Waals surface area contributed by atoms with Crippen LogP contribution in [0.3, 0.4) is 0 Å². The van der Waals surface area contributed by atoms with Crippen molar-refractivity contribution in [2.75, 3.05) is 32.1 Å². The minimum absolute atomic E-state index is 0.00889. The van der Waals surface area contributed by atoms with Gasteiger partial charge in [-0.3, -0.25) is 4.79 Å². The normalized spacial score (nSPS) is 23.4. The Labute approximate surface area is 212 Å². The van der Waals surface area contributed by atoms with E-state index in [0.29, 0.717) is 18.0 Å². The molecule has 2 aliphatic heterocycles. The van der Waals surface area contributed by atoms with Crippen LogP contribution in [0.15, 0.2) is 48.5 Å². The highest BCUT2D eigenvalue weighted by Crippen LogP contribution is 2.43. The largest absolute Gasteiger partial charge is 0.497 e. The van der Waals surface area contributed by atoms with E-state index in [9.17, 15) is 14.7 Å². The molecule has 0 aromatic heterocycles. The van der Waals surface area contributed by atoms with Gasteiger partial charge >= 0.3 is 6.03 Å². The standard InChI is InChI=1S/C29H33N3O4/c1-36-24-11-5-10-23(16-24)30-29(35)31-17-25-28(26(19-33)32(25)27(34)18-31)22-14-12-21(13-15-22)9-4-8-20-6-2-3-7-20/h5,10-16,20,25-26,28,33H,2-3,6-8,17-19H2,1H3,(H,30,35)/t25-,26+,28+/m0/s1. The molecule has 2 aromatic rings. The molecule has 2 saturated heterocycles. The molecule has 0 spiro atoms. The van der Waals surface area contributed by atoms with Crippen molar-refractivity contribution in [3.63, 3.8) is 0 Å². The lowest BCUT2D eigenvalue weighted by Crippen LogP contribution is -2.73. The second-order valence-electron chi connectivity index (χ2n) is 9.97. The predicted molar refractivity (Wildman–Crippen MR) is 138 cm³/mol. The van der Waals surface area contributed by atoms with Crippen LogP contribution in [0.25, 0.3) is 0 Å². The molecule has 5 rings (SSSR count). The van der Waals surface area contributed by atoms with Crippen LogP contribution < -0.4 is 10.1 Å². The van der Waals surface area contributed by atoms with E-state index in [1.807, 2.05) is 24.3 Å².